The van der Waals surface area contributed by atoms with Crippen molar-refractivity contribution in [2.45, 2.75) is 19.3 Å². The van der Waals surface area contributed by atoms with Gasteiger partial charge in [-0.3, -0.25) is 0 Å². The fourth-order valence-electron chi connectivity index (χ4n) is 7.65. The summed E-state index contributed by atoms with van der Waals surface area (Å²) in [7, 11) is 0. The first kappa shape index (κ1) is 29.1. The van der Waals surface area contributed by atoms with Crippen LogP contribution in [0, 0.1) is 0 Å². The summed E-state index contributed by atoms with van der Waals surface area (Å²) in [5.41, 5.74) is 14.6. The second kappa shape index (κ2) is 11.5. The molecule has 2 nitrogen and oxygen atoms in total. The smallest absolute Gasteiger partial charge is 0.161 e. The maximum atomic E-state index is 5.44. The summed E-state index contributed by atoms with van der Waals surface area (Å²) in [6.07, 6.45) is 0. The van der Waals surface area contributed by atoms with Gasteiger partial charge in [0.05, 0.1) is 11.4 Å². The molecule has 1 aliphatic carbocycles. The van der Waals surface area contributed by atoms with Crippen LogP contribution in [-0.4, -0.2) is 9.97 Å². The zero-order valence-corrected chi connectivity index (χ0v) is 27.6. The van der Waals surface area contributed by atoms with Crippen LogP contribution < -0.4 is 0 Å². The monoisotopic (exact) mass is 626 g/mol. The van der Waals surface area contributed by atoms with Crippen molar-refractivity contribution in [3.63, 3.8) is 0 Å². The van der Waals surface area contributed by atoms with E-state index in [2.05, 4.69) is 184 Å². The number of rotatable bonds is 5. The Bertz CT molecular complexity index is 2410. The van der Waals surface area contributed by atoms with Gasteiger partial charge in [-0.2, -0.15) is 0 Å². The van der Waals surface area contributed by atoms with Crippen LogP contribution in [0.5, 0.6) is 0 Å². The van der Waals surface area contributed by atoms with Gasteiger partial charge in [-0.05, 0) is 73.5 Å². The van der Waals surface area contributed by atoms with Gasteiger partial charge in [0, 0.05) is 22.1 Å². The topological polar surface area (TPSA) is 25.8 Å². The van der Waals surface area contributed by atoms with E-state index < -0.39 is 0 Å². The summed E-state index contributed by atoms with van der Waals surface area (Å²) >= 11 is 0. The molecule has 7 aromatic carbocycles. The van der Waals surface area contributed by atoms with Crippen LogP contribution in [0.4, 0.5) is 0 Å². The first-order valence-electron chi connectivity index (χ1n) is 16.9. The van der Waals surface area contributed by atoms with Crippen LogP contribution >= 0.6 is 0 Å². The number of nitrogens with zero attached hydrogens (tertiary/aromatic N) is 2. The highest BCUT2D eigenvalue weighted by atomic mass is 14.9. The lowest BCUT2D eigenvalue weighted by atomic mass is 9.81. The summed E-state index contributed by atoms with van der Waals surface area (Å²) in [5, 5.41) is 2.50. The lowest BCUT2D eigenvalue weighted by molar-refractivity contribution is 0.661. The van der Waals surface area contributed by atoms with Crippen LogP contribution in [0.1, 0.15) is 25.0 Å². The minimum absolute atomic E-state index is 0.162. The highest BCUT2D eigenvalue weighted by Gasteiger charge is 2.37. The van der Waals surface area contributed by atoms with Crippen molar-refractivity contribution in [3.8, 4) is 67.3 Å². The average Bonchev–Trinajstić information content (AvgIpc) is 3.39. The van der Waals surface area contributed by atoms with Crippen LogP contribution in [0.2, 0.25) is 0 Å². The van der Waals surface area contributed by atoms with Gasteiger partial charge in [0.15, 0.2) is 5.82 Å². The molecule has 1 heterocycles. The average molecular weight is 627 g/mol. The van der Waals surface area contributed by atoms with Gasteiger partial charge < -0.3 is 0 Å². The third kappa shape index (κ3) is 4.88. The molecule has 49 heavy (non-hydrogen) atoms. The molecule has 0 atom stereocenters. The molecule has 8 aromatic rings. The third-order valence-electron chi connectivity index (χ3n) is 10.1. The number of hydrogen-bond donors (Lipinski definition) is 0. The second-order valence-electron chi connectivity index (χ2n) is 13.4. The van der Waals surface area contributed by atoms with Crippen LogP contribution in [0.25, 0.3) is 78.1 Å². The summed E-state index contributed by atoms with van der Waals surface area (Å²) in [6.45, 7) is 4.68. The predicted octanol–water partition coefficient (Wildman–Crippen LogP) is 12.3. The van der Waals surface area contributed by atoms with Gasteiger partial charge in [0.25, 0.3) is 0 Å². The molecule has 1 aromatic heterocycles. The molecule has 0 bridgehead atoms. The Kier molecular flexibility index (Phi) is 6.84. The zero-order chi connectivity index (χ0) is 33.0. The van der Waals surface area contributed by atoms with Crippen molar-refractivity contribution in [3.05, 3.63) is 181 Å². The first-order valence-corrected chi connectivity index (χ1v) is 16.9. The Balaban J connectivity index is 1.33. The van der Waals surface area contributed by atoms with Gasteiger partial charge in [-0.15, -0.1) is 0 Å². The summed E-state index contributed by atoms with van der Waals surface area (Å²) in [6, 6.07) is 60.5. The Labute approximate surface area is 287 Å². The maximum absolute atomic E-state index is 5.44. The Morgan fingerprint density at radius 3 is 1.41 bits per heavy atom. The van der Waals surface area contributed by atoms with Crippen molar-refractivity contribution in [2.75, 3.05) is 0 Å². The number of aromatic nitrogens is 2. The second-order valence-corrected chi connectivity index (χ2v) is 13.4. The molecule has 2 heteroatoms. The zero-order valence-electron chi connectivity index (χ0n) is 27.6. The number of fused-ring (bicyclic) bond motifs is 4. The van der Waals surface area contributed by atoms with Crippen molar-refractivity contribution in [1.82, 2.24) is 9.97 Å². The lowest BCUT2D eigenvalue weighted by Crippen LogP contribution is -2.14. The molecule has 0 radical (unpaired) electrons. The molecular formula is C47H34N2. The van der Waals surface area contributed by atoms with E-state index in [4.69, 9.17) is 9.97 Å². The fraction of sp³-hybridized carbons (Fsp3) is 0.0638. The molecule has 0 aliphatic heterocycles. The third-order valence-corrected chi connectivity index (χ3v) is 10.1. The van der Waals surface area contributed by atoms with Crippen LogP contribution in [0.15, 0.2) is 170 Å². The molecule has 232 valence electrons. The molecule has 9 rings (SSSR count). The molecule has 1 aliphatic rings. The van der Waals surface area contributed by atoms with E-state index in [-0.39, 0.29) is 5.41 Å². The Morgan fingerprint density at radius 1 is 0.367 bits per heavy atom. The van der Waals surface area contributed by atoms with Gasteiger partial charge in [0.1, 0.15) is 0 Å². The maximum Gasteiger partial charge on any atom is 0.161 e. The van der Waals surface area contributed by atoms with Crippen LogP contribution in [-0.2, 0) is 5.41 Å². The molecule has 0 spiro atoms. The molecule has 0 saturated heterocycles. The quantitative estimate of drug-likeness (QED) is 0.190. The van der Waals surface area contributed by atoms with Crippen molar-refractivity contribution in [1.29, 1.82) is 0 Å². The SMILES string of the molecule is CC1(C)c2cc3ccccc3cc2-c2c(-c3nc(-c4ccccc4-c4ccccc4)cc(-c4ccccc4-c4ccccc4)n3)cccc21. The van der Waals surface area contributed by atoms with Gasteiger partial charge in [0.2, 0.25) is 0 Å². The van der Waals surface area contributed by atoms with E-state index in [1.54, 1.807) is 0 Å². The molecule has 0 amide bonds. The van der Waals surface area contributed by atoms with Crippen molar-refractivity contribution >= 4 is 10.8 Å². The minimum Gasteiger partial charge on any atom is -0.228 e. The number of hydrogen-bond acceptors (Lipinski definition) is 2. The van der Waals surface area contributed by atoms with Crippen molar-refractivity contribution < 1.29 is 0 Å². The fourth-order valence-corrected chi connectivity index (χ4v) is 7.65. The number of benzene rings is 7. The van der Waals surface area contributed by atoms with E-state index in [9.17, 15) is 0 Å². The van der Waals surface area contributed by atoms with Gasteiger partial charge in [-0.25, -0.2) is 9.97 Å². The highest BCUT2D eigenvalue weighted by molar-refractivity contribution is 5.98. The largest absolute Gasteiger partial charge is 0.228 e. The molecular weight excluding hydrogens is 593 g/mol. The van der Waals surface area contributed by atoms with Gasteiger partial charge >= 0.3 is 0 Å². The highest BCUT2D eigenvalue weighted by Crippen LogP contribution is 2.53. The lowest BCUT2D eigenvalue weighted by Gasteiger charge is -2.22. The van der Waals surface area contributed by atoms with Gasteiger partial charge in [-0.1, -0.05) is 166 Å². The minimum atomic E-state index is -0.162. The Morgan fingerprint density at radius 2 is 0.837 bits per heavy atom. The molecule has 0 fully saturated rings. The predicted molar refractivity (Wildman–Crippen MR) is 204 cm³/mol. The molecule has 0 N–H and O–H groups in total. The normalized spacial score (nSPS) is 12.9. The summed E-state index contributed by atoms with van der Waals surface area (Å²) in [4.78, 5) is 10.9. The first-order chi connectivity index (χ1) is 24.1. The van der Waals surface area contributed by atoms with Crippen LogP contribution in [0.3, 0.4) is 0 Å². The Hall–Kier alpha value is -6.12. The molecule has 0 saturated carbocycles. The van der Waals surface area contributed by atoms with E-state index in [0.29, 0.717) is 0 Å². The van der Waals surface area contributed by atoms with E-state index >= 15 is 0 Å². The summed E-state index contributed by atoms with van der Waals surface area (Å²) in [5.74, 6) is 0.729. The standard InChI is InChI=1S/C47H34N2/c1-47(2)41-27-15-26-39(45(41)40-28-33-20-9-10-21-34(33)29-42(40)47)46-48-43(37-24-13-11-22-35(37)31-16-5-3-6-17-31)30-44(49-46)38-25-14-12-23-36(38)32-18-7-4-8-19-32/h3-30H,1-2H3. The van der Waals surface area contributed by atoms with E-state index in [1.165, 1.54) is 33.0 Å². The van der Waals surface area contributed by atoms with E-state index in [0.717, 1.165) is 56.2 Å². The molecule has 0 unspecified atom stereocenters. The van der Waals surface area contributed by atoms with Crippen molar-refractivity contribution in [2.24, 2.45) is 0 Å². The van der Waals surface area contributed by atoms with E-state index in [1.807, 2.05) is 0 Å². The summed E-state index contributed by atoms with van der Waals surface area (Å²) < 4.78 is 0.